The van der Waals surface area contributed by atoms with E-state index in [0.29, 0.717) is 18.4 Å². The third-order valence-electron chi connectivity index (χ3n) is 4.99. The molecule has 1 aliphatic heterocycles. The molecule has 1 aliphatic carbocycles. The van der Waals surface area contributed by atoms with Crippen molar-refractivity contribution in [3.63, 3.8) is 0 Å². The average Bonchev–Trinajstić information content (AvgIpc) is 3.23. The first-order chi connectivity index (χ1) is 12.9. The average molecular weight is 367 g/mol. The second-order valence-corrected chi connectivity index (χ2v) is 7.90. The van der Waals surface area contributed by atoms with E-state index >= 15 is 0 Å². The summed E-state index contributed by atoms with van der Waals surface area (Å²) >= 11 is 1.67. The van der Waals surface area contributed by atoms with E-state index in [0.717, 1.165) is 47.1 Å². The molecule has 6 heteroatoms. The summed E-state index contributed by atoms with van der Waals surface area (Å²) in [6.45, 7) is 2.25. The highest BCUT2D eigenvalue weighted by atomic mass is 32.1. The summed E-state index contributed by atoms with van der Waals surface area (Å²) in [6, 6.07) is 10.4. The number of benzene rings is 1. The van der Waals surface area contributed by atoms with Crippen LogP contribution < -0.4 is 5.48 Å². The zero-order valence-corrected chi connectivity index (χ0v) is 15.3. The van der Waals surface area contributed by atoms with Crippen molar-refractivity contribution in [2.45, 2.75) is 25.2 Å². The lowest BCUT2D eigenvalue weighted by Gasteiger charge is -2.12. The van der Waals surface area contributed by atoms with Crippen LogP contribution in [0.2, 0.25) is 0 Å². The number of fused-ring (bicyclic) bond motifs is 1. The first-order valence-corrected chi connectivity index (χ1v) is 10.1. The first kappa shape index (κ1) is 16.2. The van der Waals surface area contributed by atoms with Crippen LogP contribution in [0.4, 0.5) is 5.82 Å². The number of ether oxygens (including phenoxy) is 1. The van der Waals surface area contributed by atoms with Gasteiger partial charge in [0.25, 0.3) is 0 Å². The van der Waals surface area contributed by atoms with Gasteiger partial charge in [-0.1, -0.05) is 30.3 Å². The Hall–Kier alpha value is -2.02. The van der Waals surface area contributed by atoms with Crippen molar-refractivity contribution in [1.82, 2.24) is 9.97 Å². The van der Waals surface area contributed by atoms with Crippen LogP contribution in [0.3, 0.4) is 0 Å². The molecular formula is C20H21N3O2S. The SMILES string of the molecule is c1ccc(-c2csc3nc(C4CC4)nc(NOCC4CCOC4)c23)cc1. The van der Waals surface area contributed by atoms with Gasteiger partial charge in [0.1, 0.15) is 10.7 Å². The summed E-state index contributed by atoms with van der Waals surface area (Å²) in [5, 5.41) is 3.22. The highest BCUT2D eigenvalue weighted by molar-refractivity contribution is 7.17. The van der Waals surface area contributed by atoms with Gasteiger partial charge in [-0.15, -0.1) is 11.3 Å². The van der Waals surface area contributed by atoms with E-state index in [2.05, 4.69) is 35.1 Å². The Kier molecular flexibility index (Phi) is 4.32. The molecule has 1 N–H and O–H groups in total. The van der Waals surface area contributed by atoms with Crippen LogP contribution in [0.1, 0.15) is 31.0 Å². The van der Waals surface area contributed by atoms with Gasteiger partial charge in [-0.2, -0.15) is 0 Å². The molecule has 1 saturated carbocycles. The van der Waals surface area contributed by atoms with Crippen molar-refractivity contribution >= 4 is 27.4 Å². The number of thiophene rings is 1. The van der Waals surface area contributed by atoms with E-state index in [-0.39, 0.29) is 0 Å². The number of rotatable bonds is 6. The molecule has 3 heterocycles. The monoisotopic (exact) mass is 367 g/mol. The number of nitrogens with one attached hydrogen (secondary N) is 1. The molecule has 2 aromatic heterocycles. The molecule has 2 aliphatic rings. The van der Waals surface area contributed by atoms with Crippen LogP contribution in [0, 0.1) is 5.92 Å². The predicted molar refractivity (Wildman–Crippen MR) is 103 cm³/mol. The smallest absolute Gasteiger partial charge is 0.162 e. The van der Waals surface area contributed by atoms with Gasteiger partial charge in [0.05, 0.1) is 18.6 Å². The number of nitrogens with zero attached hydrogens (tertiary/aromatic N) is 2. The van der Waals surface area contributed by atoms with Gasteiger partial charge in [0, 0.05) is 29.4 Å². The van der Waals surface area contributed by atoms with Gasteiger partial charge < -0.3 is 4.74 Å². The minimum Gasteiger partial charge on any atom is -0.381 e. The molecule has 3 aromatic rings. The van der Waals surface area contributed by atoms with Crippen molar-refractivity contribution < 1.29 is 9.57 Å². The zero-order valence-electron chi connectivity index (χ0n) is 14.5. The molecule has 5 nitrogen and oxygen atoms in total. The molecule has 134 valence electrons. The van der Waals surface area contributed by atoms with E-state index in [4.69, 9.17) is 19.5 Å². The van der Waals surface area contributed by atoms with E-state index in [1.165, 1.54) is 18.4 Å². The Morgan fingerprint density at radius 1 is 1.15 bits per heavy atom. The van der Waals surface area contributed by atoms with Gasteiger partial charge in [-0.3, -0.25) is 4.84 Å². The summed E-state index contributed by atoms with van der Waals surface area (Å²) in [5.41, 5.74) is 5.46. The van der Waals surface area contributed by atoms with Crippen molar-refractivity contribution in [3.8, 4) is 11.1 Å². The number of anilines is 1. The highest BCUT2D eigenvalue weighted by Crippen LogP contribution is 2.42. The van der Waals surface area contributed by atoms with Crippen LogP contribution in [0.15, 0.2) is 35.7 Å². The molecule has 0 radical (unpaired) electrons. The summed E-state index contributed by atoms with van der Waals surface area (Å²) < 4.78 is 5.42. The molecule has 0 spiro atoms. The molecule has 2 fully saturated rings. The van der Waals surface area contributed by atoms with Gasteiger partial charge in [-0.05, 0) is 24.8 Å². The van der Waals surface area contributed by atoms with Gasteiger partial charge in [0.2, 0.25) is 0 Å². The van der Waals surface area contributed by atoms with Crippen LogP contribution in [0.25, 0.3) is 21.3 Å². The molecule has 0 amide bonds. The quantitative estimate of drug-likeness (QED) is 0.645. The molecular weight excluding hydrogens is 346 g/mol. The maximum atomic E-state index is 5.81. The Labute approximate surface area is 156 Å². The van der Waals surface area contributed by atoms with Gasteiger partial charge >= 0.3 is 0 Å². The molecule has 0 bridgehead atoms. The maximum absolute atomic E-state index is 5.81. The van der Waals surface area contributed by atoms with Gasteiger partial charge in [-0.25, -0.2) is 15.4 Å². The molecule has 1 saturated heterocycles. The van der Waals surface area contributed by atoms with Gasteiger partial charge in [0.15, 0.2) is 5.82 Å². The number of hydrogen-bond donors (Lipinski definition) is 1. The minimum atomic E-state index is 0.457. The fraction of sp³-hybridized carbons (Fsp3) is 0.400. The lowest BCUT2D eigenvalue weighted by Crippen LogP contribution is -2.14. The van der Waals surface area contributed by atoms with E-state index in [1.807, 2.05) is 6.07 Å². The predicted octanol–water partition coefficient (Wildman–Crippen LogP) is 4.62. The first-order valence-electron chi connectivity index (χ1n) is 9.18. The van der Waals surface area contributed by atoms with E-state index in [9.17, 15) is 0 Å². The topological polar surface area (TPSA) is 56.3 Å². The summed E-state index contributed by atoms with van der Waals surface area (Å²) in [7, 11) is 0. The molecule has 1 unspecified atom stereocenters. The fourth-order valence-electron chi connectivity index (χ4n) is 3.33. The second-order valence-electron chi connectivity index (χ2n) is 7.04. The van der Waals surface area contributed by atoms with Crippen molar-refractivity contribution in [1.29, 1.82) is 0 Å². The number of hydrogen-bond acceptors (Lipinski definition) is 6. The number of aromatic nitrogens is 2. The summed E-state index contributed by atoms with van der Waals surface area (Å²) in [4.78, 5) is 16.5. The van der Waals surface area contributed by atoms with Crippen LogP contribution in [0.5, 0.6) is 0 Å². The highest BCUT2D eigenvalue weighted by Gasteiger charge is 2.28. The van der Waals surface area contributed by atoms with Crippen molar-refractivity contribution in [2.24, 2.45) is 5.92 Å². The van der Waals surface area contributed by atoms with E-state index < -0.39 is 0 Å². The maximum Gasteiger partial charge on any atom is 0.162 e. The Balaban J connectivity index is 1.49. The zero-order chi connectivity index (χ0) is 17.3. The second kappa shape index (κ2) is 6.95. The van der Waals surface area contributed by atoms with Crippen molar-refractivity contribution in [3.05, 3.63) is 41.5 Å². The fourth-order valence-corrected chi connectivity index (χ4v) is 4.28. The van der Waals surface area contributed by atoms with Crippen LogP contribution in [-0.4, -0.2) is 29.8 Å². The molecule has 5 rings (SSSR count). The molecule has 26 heavy (non-hydrogen) atoms. The molecule has 1 atom stereocenters. The van der Waals surface area contributed by atoms with E-state index in [1.54, 1.807) is 11.3 Å². The Morgan fingerprint density at radius 3 is 2.81 bits per heavy atom. The minimum absolute atomic E-state index is 0.457. The normalized spacial score (nSPS) is 19.9. The Bertz CT molecular complexity index is 902. The largest absolute Gasteiger partial charge is 0.381 e. The van der Waals surface area contributed by atoms with Crippen LogP contribution >= 0.6 is 11.3 Å². The summed E-state index contributed by atoms with van der Waals surface area (Å²) in [6.07, 6.45) is 3.42. The lowest BCUT2D eigenvalue weighted by atomic mass is 10.1. The third-order valence-corrected chi connectivity index (χ3v) is 5.86. The third kappa shape index (κ3) is 3.20. The summed E-state index contributed by atoms with van der Waals surface area (Å²) in [5.74, 6) is 2.69. The standard InChI is InChI=1S/C20H21N3O2S/c1-2-4-14(5-3-1)16-12-26-20-17(16)19(21-18(22-20)15-6-7-15)23-25-11-13-8-9-24-10-13/h1-5,12-13,15H,6-11H2,(H,21,22,23). The lowest BCUT2D eigenvalue weighted by molar-refractivity contribution is 0.126. The molecule has 1 aromatic carbocycles. The van der Waals surface area contributed by atoms with Crippen molar-refractivity contribution in [2.75, 3.05) is 25.3 Å². The Morgan fingerprint density at radius 2 is 2.04 bits per heavy atom. The van der Waals surface area contributed by atoms with Crippen LogP contribution in [-0.2, 0) is 9.57 Å².